The van der Waals surface area contributed by atoms with Gasteiger partial charge in [-0.1, -0.05) is 6.07 Å². The lowest BCUT2D eigenvalue weighted by Crippen LogP contribution is -2.38. The normalized spacial score (nSPS) is 17.2. The third-order valence-corrected chi connectivity index (χ3v) is 10.8. The smallest absolute Gasteiger partial charge is 0.242 e. The summed E-state index contributed by atoms with van der Waals surface area (Å²) in [6, 6.07) is 9.90. The van der Waals surface area contributed by atoms with Crippen LogP contribution in [0, 0.1) is 12.8 Å². The Balaban J connectivity index is 1.28. The number of sulfonamides is 1. The molecule has 2 aromatic heterocycles. The van der Waals surface area contributed by atoms with Gasteiger partial charge in [0.05, 0.1) is 10.4 Å². The molecule has 0 unspecified atom stereocenters. The van der Waals surface area contributed by atoms with Crippen molar-refractivity contribution in [3.8, 4) is 10.6 Å². The van der Waals surface area contributed by atoms with Crippen molar-refractivity contribution in [1.29, 1.82) is 0 Å². The first-order chi connectivity index (χ1) is 18.8. The van der Waals surface area contributed by atoms with Gasteiger partial charge in [-0.2, -0.15) is 0 Å². The van der Waals surface area contributed by atoms with Crippen molar-refractivity contribution in [1.82, 2.24) is 24.2 Å². The minimum atomic E-state index is -3.57. The summed E-state index contributed by atoms with van der Waals surface area (Å²) in [6.07, 6.45) is 6.35. The topological polar surface area (TPSA) is 82.5 Å². The van der Waals surface area contributed by atoms with Crippen LogP contribution >= 0.6 is 11.3 Å². The standard InChI is InChI=1S/C29H34N6O2S2/c1-20-14-23(29-30-9-13-38-29)16-26-27(20)31-19-32-28(26)35-12-8-22-4-5-25(15-24(22)18-35)39(36,37)34(3)17-21-6-10-33(2)11-7-21/h4-5,9,13-16,19,21H,6-8,10-12,17-18H2,1-3H3. The summed E-state index contributed by atoms with van der Waals surface area (Å²) in [5.74, 6) is 1.28. The van der Waals surface area contributed by atoms with Crippen LogP contribution in [0.3, 0.4) is 0 Å². The van der Waals surface area contributed by atoms with Gasteiger partial charge in [-0.25, -0.2) is 27.7 Å². The number of anilines is 1. The first-order valence-electron chi connectivity index (χ1n) is 13.5. The zero-order valence-corrected chi connectivity index (χ0v) is 24.3. The highest BCUT2D eigenvalue weighted by atomic mass is 32.2. The van der Waals surface area contributed by atoms with Gasteiger partial charge in [-0.15, -0.1) is 11.3 Å². The van der Waals surface area contributed by atoms with E-state index in [0.29, 0.717) is 23.9 Å². The highest BCUT2D eigenvalue weighted by Crippen LogP contribution is 2.34. The van der Waals surface area contributed by atoms with E-state index in [-0.39, 0.29) is 0 Å². The summed E-state index contributed by atoms with van der Waals surface area (Å²) in [5, 5.41) is 3.95. The van der Waals surface area contributed by atoms with Gasteiger partial charge in [0.25, 0.3) is 0 Å². The van der Waals surface area contributed by atoms with Gasteiger partial charge in [0.15, 0.2) is 0 Å². The molecule has 204 valence electrons. The van der Waals surface area contributed by atoms with Gasteiger partial charge in [0.2, 0.25) is 10.0 Å². The van der Waals surface area contributed by atoms with Crippen LogP contribution in [-0.2, 0) is 23.0 Å². The van der Waals surface area contributed by atoms with Crippen molar-refractivity contribution in [3.05, 3.63) is 64.9 Å². The van der Waals surface area contributed by atoms with Crippen LogP contribution in [0.4, 0.5) is 5.82 Å². The van der Waals surface area contributed by atoms with Gasteiger partial charge >= 0.3 is 0 Å². The summed E-state index contributed by atoms with van der Waals surface area (Å²) >= 11 is 1.61. The molecule has 2 aliphatic heterocycles. The lowest BCUT2D eigenvalue weighted by atomic mass is 9.97. The average molecular weight is 563 g/mol. The van der Waals surface area contributed by atoms with Crippen molar-refractivity contribution in [3.63, 3.8) is 0 Å². The van der Waals surface area contributed by atoms with Crippen LogP contribution in [0.2, 0.25) is 0 Å². The van der Waals surface area contributed by atoms with E-state index in [2.05, 4.69) is 45.9 Å². The van der Waals surface area contributed by atoms with Crippen molar-refractivity contribution < 1.29 is 8.42 Å². The van der Waals surface area contributed by atoms with E-state index >= 15 is 0 Å². The Morgan fingerprint density at radius 1 is 1.05 bits per heavy atom. The summed E-state index contributed by atoms with van der Waals surface area (Å²) in [6.45, 7) is 6.09. The molecule has 1 saturated heterocycles. The first kappa shape index (κ1) is 26.3. The summed E-state index contributed by atoms with van der Waals surface area (Å²) < 4.78 is 28.6. The van der Waals surface area contributed by atoms with Crippen molar-refractivity contribution >= 4 is 38.1 Å². The van der Waals surface area contributed by atoms with Crippen molar-refractivity contribution in [2.45, 2.75) is 37.6 Å². The zero-order chi connectivity index (χ0) is 27.1. The monoisotopic (exact) mass is 562 g/mol. The molecule has 0 radical (unpaired) electrons. The number of likely N-dealkylation sites (tertiary alicyclic amines) is 1. The number of hydrogen-bond donors (Lipinski definition) is 0. The molecule has 8 nitrogen and oxygen atoms in total. The summed E-state index contributed by atoms with van der Waals surface area (Å²) in [5.41, 5.74) is 5.30. The largest absolute Gasteiger partial charge is 0.351 e. The molecule has 0 bridgehead atoms. The third kappa shape index (κ3) is 5.18. The Morgan fingerprint density at radius 3 is 2.64 bits per heavy atom. The van der Waals surface area contributed by atoms with Gasteiger partial charge in [-0.05, 0) is 93.2 Å². The van der Waals surface area contributed by atoms with Crippen LogP contribution in [0.1, 0.15) is 29.5 Å². The van der Waals surface area contributed by atoms with Crippen LogP contribution in [0.15, 0.2) is 53.1 Å². The number of aromatic nitrogens is 3. The molecule has 0 saturated carbocycles. The summed E-state index contributed by atoms with van der Waals surface area (Å²) in [7, 11) is 0.272. The minimum Gasteiger partial charge on any atom is -0.351 e. The Hall–Kier alpha value is -2.92. The molecule has 0 amide bonds. The average Bonchev–Trinajstić information content (AvgIpc) is 3.49. The second-order valence-corrected chi connectivity index (χ2v) is 13.8. The maximum atomic E-state index is 13.5. The van der Waals surface area contributed by atoms with Gasteiger partial charge in [0.1, 0.15) is 17.2 Å². The lowest BCUT2D eigenvalue weighted by molar-refractivity contribution is 0.202. The Kier molecular flexibility index (Phi) is 7.13. The number of rotatable bonds is 6. The predicted octanol–water partition coefficient (Wildman–Crippen LogP) is 4.59. The van der Waals surface area contributed by atoms with Gasteiger partial charge in [-0.3, -0.25) is 0 Å². The highest BCUT2D eigenvalue weighted by molar-refractivity contribution is 7.89. The third-order valence-electron chi connectivity index (χ3n) is 8.14. The second-order valence-electron chi connectivity index (χ2n) is 10.9. The molecule has 0 aliphatic carbocycles. The zero-order valence-electron chi connectivity index (χ0n) is 22.7. The number of aryl methyl sites for hydroxylation is 1. The van der Waals surface area contributed by atoms with Crippen LogP contribution in [-0.4, -0.2) is 72.8 Å². The maximum Gasteiger partial charge on any atom is 0.242 e. The number of thiazole rings is 1. The molecule has 0 atom stereocenters. The van der Waals surface area contributed by atoms with Crippen LogP contribution < -0.4 is 4.90 Å². The molecule has 0 N–H and O–H groups in total. The molecule has 4 aromatic rings. The number of benzene rings is 2. The SMILES string of the molecule is Cc1cc(-c2nccs2)cc2c(N3CCc4ccc(S(=O)(=O)N(C)CC5CCN(C)CC5)cc4C3)ncnc12. The van der Waals surface area contributed by atoms with Crippen LogP contribution in [0.25, 0.3) is 21.5 Å². The number of piperidine rings is 1. The Bertz CT molecular complexity index is 1600. The number of hydrogen-bond acceptors (Lipinski definition) is 8. The fourth-order valence-electron chi connectivity index (χ4n) is 5.83. The first-order valence-corrected chi connectivity index (χ1v) is 15.8. The molecule has 0 spiro atoms. The molecule has 4 heterocycles. The number of nitrogens with zero attached hydrogens (tertiary/aromatic N) is 6. The molecular formula is C29H34N6O2S2. The van der Waals surface area contributed by atoms with E-state index in [9.17, 15) is 8.42 Å². The lowest BCUT2D eigenvalue weighted by Gasteiger charge is -2.32. The molecular weight excluding hydrogens is 528 g/mol. The molecule has 10 heteroatoms. The predicted molar refractivity (Wildman–Crippen MR) is 157 cm³/mol. The molecule has 6 rings (SSSR count). The Labute approximate surface area is 234 Å². The van der Waals surface area contributed by atoms with E-state index in [0.717, 1.165) is 77.3 Å². The quantitative estimate of drug-likeness (QED) is 0.340. The molecule has 1 fully saturated rings. The maximum absolute atomic E-state index is 13.5. The fourth-order valence-corrected chi connectivity index (χ4v) is 7.76. The van der Waals surface area contributed by atoms with E-state index in [1.165, 1.54) is 5.56 Å². The van der Waals surface area contributed by atoms with Crippen molar-refractivity contribution in [2.75, 3.05) is 45.2 Å². The van der Waals surface area contributed by atoms with Crippen molar-refractivity contribution in [2.24, 2.45) is 5.92 Å². The molecule has 39 heavy (non-hydrogen) atoms. The van der Waals surface area contributed by atoms with E-state index < -0.39 is 10.0 Å². The van der Waals surface area contributed by atoms with Gasteiger partial charge < -0.3 is 9.80 Å². The number of fused-ring (bicyclic) bond motifs is 2. The second kappa shape index (κ2) is 10.6. The minimum absolute atomic E-state index is 0.368. The molecule has 2 aromatic carbocycles. The summed E-state index contributed by atoms with van der Waals surface area (Å²) in [4.78, 5) is 18.7. The molecule has 2 aliphatic rings. The fraction of sp³-hybridized carbons (Fsp3) is 0.414. The van der Waals surface area contributed by atoms with Crippen LogP contribution in [0.5, 0.6) is 0 Å². The van der Waals surface area contributed by atoms with E-state index in [4.69, 9.17) is 4.98 Å². The highest BCUT2D eigenvalue weighted by Gasteiger charge is 2.28. The van der Waals surface area contributed by atoms with E-state index in [1.807, 2.05) is 23.7 Å². The Morgan fingerprint density at radius 2 is 1.87 bits per heavy atom. The van der Waals surface area contributed by atoms with E-state index in [1.54, 1.807) is 35.1 Å². The van der Waals surface area contributed by atoms with Gasteiger partial charge in [0, 0.05) is 49.2 Å².